The van der Waals surface area contributed by atoms with Crippen molar-refractivity contribution in [1.82, 2.24) is 5.16 Å². The number of nitrogens with zero attached hydrogens (tertiary/aromatic N) is 1. The fourth-order valence-electron chi connectivity index (χ4n) is 1.68. The molecule has 110 valence electrons. The molecule has 0 aliphatic rings. The van der Waals surface area contributed by atoms with Crippen LogP contribution in [0.4, 0.5) is 5.69 Å². The number of benzene rings is 1. The first-order valence-electron chi connectivity index (χ1n) is 6.19. The third-order valence-electron chi connectivity index (χ3n) is 2.52. The van der Waals surface area contributed by atoms with Gasteiger partial charge in [0.2, 0.25) is 0 Å². The number of carboxylic acids is 1. The van der Waals surface area contributed by atoms with E-state index in [1.54, 1.807) is 37.3 Å². The van der Waals surface area contributed by atoms with Crippen molar-refractivity contribution < 1.29 is 24.0 Å². The lowest BCUT2D eigenvalue weighted by molar-refractivity contribution is -0.136. The summed E-state index contributed by atoms with van der Waals surface area (Å²) in [5, 5.41) is 14.9. The minimum Gasteiger partial charge on any atom is -0.481 e. The Hall–Kier alpha value is -2.83. The van der Waals surface area contributed by atoms with Gasteiger partial charge in [-0.2, -0.15) is 0 Å². The van der Waals surface area contributed by atoms with Crippen molar-refractivity contribution in [2.75, 3.05) is 11.9 Å². The van der Waals surface area contributed by atoms with Crippen molar-refractivity contribution in [2.24, 2.45) is 0 Å². The van der Waals surface area contributed by atoms with Crippen LogP contribution in [-0.2, 0) is 16.0 Å². The molecule has 0 unspecified atom stereocenters. The van der Waals surface area contributed by atoms with Crippen molar-refractivity contribution in [3.63, 3.8) is 0 Å². The maximum Gasteiger partial charge on any atom is 0.307 e. The van der Waals surface area contributed by atoms with Crippen LogP contribution in [0.15, 0.2) is 34.9 Å². The molecule has 0 radical (unpaired) electrons. The Kier molecular flexibility index (Phi) is 4.55. The molecule has 0 atom stereocenters. The third-order valence-corrected chi connectivity index (χ3v) is 2.52. The molecule has 1 aromatic carbocycles. The van der Waals surface area contributed by atoms with Gasteiger partial charge in [0, 0.05) is 11.8 Å². The molecule has 1 aromatic heterocycles. The van der Waals surface area contributed by atoms with Crippen LogP contribution in [0.2, 0.25) is 0 Å². The summed E-state index contributed by atoms with van der Waals surface area (Å²) in [6.45, 7) is 1.50. The van der Waals surface area contributed by atoms with E-state index in [2.05, 4.69) is 10.5 Å². The van der Waals surface area contributed by atoms with Gasteiger partial charge in [-0.15, -0.1) is 0 Å². The van der Waals surface area contributed by atoms with Crippen LogP contribution in [0, 0.1) is 6.92 Å². The summed E-state index contributed by atoms with van der Waals surface area (Å²) >= 11 is 0. The van der Waals surface area contributed by atoms with E-state index in [4.69, 9.17) is 14.4 Å². The molecule has 0 saturated carbocycles. The summed E-state index contributed by atoms with van der Waals surface area (Å²) in [5.41, 5.74) is 1.12. The second-order valence-corrected chi connectivity index (χ2v) is 4.38. The van der Waals surface area contributed by atoms with E-state index in [0.717, 1.165) is 0 Å². The van der Waals surface area contributed by atoms with Crippen LogP contribution in [0.5, 0.6) is 5.88 Å². The molecule has 0 bridgehead atoms. The molecule has 1 amide bonds. The quantitative estimate of drug-likeness (QED) is 0.838. The topological polar surface area (TPSA) is 102 Å². The van der Waals surface area contributed by atoms with Crippen LogP contribution >= 0.6 is 0 Å². The molecule has 0 aliphatic carbocycles. The number of hydrogen-bond acceptors (Lipinski definition) is 5. The van der Waals surface area contributed by atoms with Crippen LogP contribution < -0.4 is 10.1 Å². The average molecular weight is 290 g/mol. The van der Waals surface area contributed by atoms with Gasteiger partial charge in [0.25, 0.3) is 11.8 Å². The Labute approximate surface area is 120 Å². The van der Waals surface area contributed by atoms with Gasteiger partial charge >= 0.3 is 5.97 Å². The minimum absolute atomic E-state index is 0.0988. The van der Waals surface area contributed by atoms with Gasteiger partial charge in [-0.3, -0.25) is 9.59 Å². The highest BCUT2D eigenvalue weighted by Gasteiger charge is 2.07. The third kappa shape index (κ3) is 4.64. The molecular formula is C14H14N2O5. The molecule has 0 aliphatic heterocycles. The number of aromatic nitrogens is 1. The summed E-state index contributed by atoms with van der Waals surface area (Å²) < 4.78 is 9.95. The Morgan fingerprint density at radius 3 is 2.86 bits per heavy atom. The molecular weight excluding hydrogens is 276 g/mol. The fourth-order valence-corrected chi connectivity index (χ4v) is 1.68. The summed E-state index contributed by atoms with van der Waals surface area (Å²) in [6, 6.07) is 8.20. The number of anilines is 1. The van der Waals surface area contributed by atoms with Gasteiger partial charge < -0.3 is 19.7 Å². The van der Waals surface area contributed by atoms with Crippen molar-refractivity contribution >= 4 is 17.6 Å². The van der Waals surface area contributed by atoms with Gasteiger partial charge in [0.1, 0.15) is 5.76 Å². The lowest BCUT2D eigenvalue weighted by Gasteiger charge is -2.06. The zero-order chi connectivity index (χ0) is 15.2. The number of ether oxygens (including phenoxy) is 1. The Balaban J connectivity index is 1.88. The number of nitrogens with one attached hydrogen (secondary N) is 1. The Morgan fingerprint density at radius 1 is 1.38 bits per heavy atom. The lowest BCUT2D eigenvalue weighted by atomic mass is 10.1. The van der Waals surface area contributed by atoms with E-state index in [1.807, 2.05) is 0 Å². The fraction of sp³-hybridized carbons (Fsp3) is 0.214. The number of carbonyl (C=O) groups is 2. The molecule has 1 heterocycles. The number of aryl methyl sites for hydroxylation is 1. The second-order valence-electron chi connectivity index (χ2n) is 4.38. The lowest BCUT2D eigenvalue weighted by Crippen LogP contribution is -2.20. The van der Waals surface area contributed by atoms with Gasteiger partial charge in [-0.25, -0.2) is 0 Å². The molecule has 0 fully saturated rings. The molecule has 0 saturated heterocycles. The van der Waals surface area contributed by atoms with Gasteiger partial charge in [0.05, 0.1) is 6.42 Å². The standard InChI is InChI=1S/C14H14N2O5/c1-9-5-13(16-21-9)20-8-12(17)15-11-4-2-3-10(6-11)7-14(18)19/h2-6H,7-8H2,1H3,(H,15,17)(H,18,19). The number of amides is 1. The first-order chi connectivity index (χ1) is 10.0. The number of rotatable bonds is 6. The van der Waals surface area contributed by atoms with Gasteiger partial charge in [-0.1, -0.05) is 12.1 Å². The number of hydrogen-bond donors (Lipinski definition) is 2. The summed E-state index contributed by atoms with van der Waals surface area (Å²) in [6.07, 6.45) is -0.0988. The first-order valence-corrected chi connectivity index (χ1v) is 6.19. The Bertz CT molecular complexity index is 650. The molecule has 2 aromatic rings. The van der Waals surface area contributed by atoms with E-state index < -0.39 is 5.97 Å². The first kappa shape index (κ1) is 14.6. The number of aliphatic carboxylic acids is 1. The molecule has 2 rings (SSSR count). The zero-order valence-electron chi connectivity index (χ0n) is 11.3. The summed E-state index contributed by atoms with van der Waals surface area (Å²) in [5.74, 6) is -0.472. The van der Waals surface area contributed by atoms with E-state index >= 15 is 0 Å². The second kappa shape index (κ2) is 6.56. The van der Waals surface area contributed by atoms with Crippen LogP contribution in [-0.4, -0.2) is 28.7 Å². The van der Waals surface area contributed by atoms with Crippen molar-refractivity contribution in [3.05, 3.63) is 41.7 Å². The Morgan fingerprint density at radius 2 is 2.19 bits per heavy atom. The van der Waals surface area contributed by atoms with E-state index in [9.17, 15) is 9.59 Å². The van der Waals surface area contributed by atoms with E-state index in [0.29, 0.717) is 17.0 Å². The van der Waals surface area contributed by atoms with Crippen LogP contribution in [0.3, 0.4) is 0 Å². The number of carbonyl (C=O) groups excluding carboxylic acids is 1. The molecule has 2 N–H and O–H groups in total. The molecule has 21 heavy (non-hydrogen) atoms. The number of carboxylic acid groups (broad SMARTS) is 1. The largest absolute Gasteiger partial charge is 0.481 e. The van der Waals surface area contributed by atoms with Crippen LogP contribution in [0.1, 0.15) is 11.3 Å². The molecule has 0 spiro atoms. The van der Waals surface area contributed by atoms with Gasteiger partial charge in [0.15, 0.2) is 6.61 Å². The van der Waals surface area contributed by atoms with Crippen molar-refractivity contribution in [2.45, 2.75) is 13.3 Å². The monoisotopic (exact) mass is 290 g/mol. The van der Waals surface area contributed by atoms with Gasteiger partial charge in [-0.05, 0) is 29.8 Å². The molecule has 7 heteroatoms. The molecule has 7 nitrogen and oxygen atoms in total. The predicted octanol–water partition coefficient (Wildman–Crippen LogP) is 1.63. The highest BCUT2D eigenvalue weighted by molar-refractivity contribution is 5.92. The minimum atomic E-state index is -0.928. The van der Waals surface area contributed by atoms with E-state index in [-0.39, 0.29) is 24.8 Å². The highest BCUT2D eigenvalue weighted by atomic mass is 16.5. The van der Waals surface area contributed by atoms with E-state index in [1.165, 1.54) is 0 Å². The normalized spacial score (nSPS) is 10.1. The maximum atomic E-state index is 11.7. The summed E-state index contributed by atoms with van der Waals surface area (Å²) in [7, 11) is 0. The van der Waals surface area contributed by atoms with Crippen molar-refractivity contribution in [1.29, 1.82) is 0 Å². The van der Waals surface area contributed by atoms with Crippen LogP contribution in [0.25, 0.3) is 0 Å². The highest BCUT2D eigenvalue weighted by Crippen LogP contribution is 2.12. The smallest absolute Gasteiger partial charge is 0.307 e. The predicted molar refractivity (Wildman–Crippen MR) is 73.1 cm³/mol. The SMILES string of the molecule is Cc1cc(OCC(=O)Nc2cccc(CC(=O)O)c2)no1. The average Bonchev–Trinajstić information content (AvgIpc) is 2.82. The summed E-state index contributed by atoms with van der Waals surface area (Å²) in [4.78, 5) is 22.4. The maximum absolute atomic E-state index is 11.7. The van der Waals surface area contributed by atoms with Crippen molar-refractivity contribution in [3.8, 4) is 5.88 Å². The zero-order valence-corrected chi connectivity index (χ0v) is 11.3.